The highest BCUT2D eigenvalue weighted by atomic mass is 16.3. The fourth-order valence-corrected chi connectivity index (χ4v) is 5.77. The number of pyridine rings is 1. The number of imidazole rings is 1. The Morgan fingerprint density at radius 1 is 0.684 bits per heavy atom. The smallest absolute Gasteiger partial charge is 0.149 e. The van der Waals surface area contributed by atoms with E-state index in [4.69, 9.17) is 14.4 Å². The van der Waals surface area contributed by atoms with Gasteiger partial charge in [-0.05, 0) is 41.2 Å². The minimum atomic E-state index is 0.337. The monoisotopic (exact) mass is 495 g/mol. The van der Waals surface area contributed by atoms with E-state index in [0.29, 0.717) is 11.8 Å². The van der Waals surface area contributed by atoms with Crippen LogP contribution >= 0.6 is 0 Å². The summed E-state index contributed by atoms with van der Waals surface area (Å²) >= 11 is 0. The predicted molar refractivity (Wildman–Crippen MR) is 157 cm³/mol. The molecule has 7 rings (SSSR count). The standard InChI is InChI=1S/C34H29N3O/c1-20(2)22-13-9-14-23(21(3)4)32(22)37-29-19-35-28-17-7-5-12-26(28)31(29)36-34(37)27-16-10-15-25-24-11-6-8-18-30(24)38-33(25)27/h5-21H,1-4H3. The number of aromatic nitrogens is 3. The van der Waals surface area contributed by atoms with Crippen molar-refractivity contribution in [2.24, 2.45) is 0 Å². The first-order valence-corrected chi connectivity index (χ1v) is 13.3. The zero-order chi connectivity index (χ0) is 26.0. The fourth-order valence-electron chi connectivity index (χ4n) is 5.77. The van der Waals surface area contributed by atoms with Crippen LogP contribution in [-0.4, -0.2) is 14.5 Å². The summed E-state index contributed by atoms with van der Waals surface area (Å²) in [5.74, 6) is 1.55. The SMILES string of the molecule is CC(C)c1cccc(C(C)C)c1-n1c(-c2cccc3c2oc2ccccc23)nc2c3ccccc3ncc21. The Balaban J connectivity index is 1.68. The quantitative estimate of drug-likeness (QED) is 0.244. The van der Waals surface area contributed by atoms with Crippen LogP contribution in [0.5, 0.6) is 0 Å². The molecule has 0 N–H and O–H groups in total. The van der Waals surface area contributed by atoms with E-state index in [-0.39, 0.29) is 0 Å². The maximum atomic E-state index is 6.50. The first-order chi connectivity index (χ1) is 18.5. The summed E-state index contributed by atoms with van der Waals surface area (Å²) in [5.41, 5.74) is 9.40. The van der Waals surface area contributed by atoms with Crippen molar-refractivity contribution >= 4 is 43.9 Å². The van der Waals surface area contributed by atoms with Gasteiger partial charge in [0.2, 0.25) is 0 Å². The van der Waals surface area contributed by atoms with E-state index in [0.717, 1.165) is 55.3 Å². The van der Waals surface area contributed by atoms with E-state index in [1.54, 1.807) is 0 Å². The Bertz CT molecular complexity index is 1960. The third-order valence-corrected chi connectivity index (χ3v) is 7.61. The molecule has 4 nitrogen and oxygen atoms in total. The Kier molecular flexibility index (Phi) is 5.12. The van der Waals surface area contributed by atoms with Gasteiger partial charge in [0.1, 0.15) is 22.5 Å². The van der Waals surface area contributed by atoms with Gasteiger partial charge in [-0.2, -0.15) is 0 Å². The summed E-state index contributed by atoms with van der Waals surface area (Å²) in [7, 11) is 0. The lowest BCUT2D eigenvalue weighted by atomic mass is 9.92. The molecule has 0 aliphatic heterocycles. The molecular formula is C34H29N3O. The van der Waals surface area contributed by atoms with Crippen LogP contribution in [-0.2, 0) is 0 Å². The van der Waals surface area contributed by atoms with Gasteiger partial charge in [0, 0.05) is 16.2 Å². The molecule has 38 heavy (non-hydrogen) atoms. The fraction of sp³-hybridized carbons (Fsp3) is 0.176. The second-order valence-corrected chi connectivity index (χ2v) is 10.7. The third kappa shape index (κ3) is 3.30. The summed E-state index contributed by atoms with van der Waals surface area (Å²) in [5, 5.41) is 3.26. The van der Waals surface area contributed by atoms with Crippen molar-refractivity contribution in [3.8, 4) is 17.1 Å². The number of fused-ring (bicyclic) bond motifs is 6. The highest BCUT2D eigenvalue weighted by molar-refractivity contribution is 6.10. The maximum absolute atomic E-state index is 6.50. The Labute approximate surface area is 221 Å². The van der Waals surface area contributed by atoms with Crippen molar-refractivity contribution in [2.75, 3.05) is 0 Å². The molecule has 0 bridgehead atoms. The van der Waals surface area contributed by atoms with Crippen LogP contribution in [0.15, 0.2) is 95.5 Å². The Hall–Kier alpha value is -4.44. The first kappa shape index (κ1) is 22.7. The summed E-state index contributed by atoms with van der Waals surface area (Å²) in [4.78, 5) is 10.2. The highest BCUT2D eigenvalue weighted by Gasteiger charge is 2.25. The first-order valence-electron chi connectivity index (χ1n) is 13.3. The lowest BCUT2D eigenvalue weighted by molar-refractivity contribution is 0.669. The molecule has 0 fully saturated rings. The van der Waals surface area contributed by atoms with E-state index in [9.17, 15) is 0 Å². The highest BCUT2D eigenvalue weighted by Crippen LogP contribution is 2.41. The number of hydrogen-bond acceptors (Lipinski definition) is 3. The molecule has 0 aliphatic carbocycles. The number of para-hydroxylation sites is 4. The number of rotatable bonds is 4. The van der Waals surface area contributed by atoms with Crippen LogP contribution in [0.25, 0.3) is 61.0 Å². The average Bonchev–Trinajstić information content (AvgIpc) is 3.51. The molecular weight excluding hydrogens is 466 g/mol. The predicted octanol–water partition coefficient (Wildman–Crippen LogP) is 9.39. The number of benzene rings is 4. The molecule has 0 radical (unpaired) electrons. The number of furan rings is 1. The molecule has 0 saturated carbocycles. The van der Waals surface area contributed by atoms with Gasteiger partial charge in [-0.3, -0.25) is 9.55 Å². The van der Waals surface area contributed by atoms with Crippen molar-refractivity contribution in [3.05, 3.63) is 102 Å². The van der Waals surface area contributed by atoms with Crippen molar-refractivity contribution in [1.29, 1.82) is 0 Å². The topological polar surface area (TPSA) is 43.9 Å². The van der Waals surface area contributed by atoms with Crippen LogP contribution in [0.3, 0.4) is 0 Å². The van der Waals surface area contributed by atoms with Gasteiger partial charge in [-0.25, -0.2) is 4.98 Å². The van der Waals surface area contributed by atoms with Crippen molar-refractivity contribution in [3.63, 3.8) is 0 Å². The number of nitrogens with zero attached hydrogens (tertiary/aromatic N) is 3. The molecule has 3 heterocycles. The second kappa shape index (κ2) is 8.56. The van der Waals surface area contributed by atoms with Gasteiger partial charge in [0.15, 0.2) is 0 Å². The largest absolute Gasteiger partial charge is 0.455 e. The molecule has 0 amide bonds. The van der Waals surface area contributed by atoms with Crippen molar-refractivity contribution < 1.29 is 4.42 Å². The maximum Gasteiger partial charge on any atom is 0.149 e. The minimum absolute atomic E-state index is 0.337. The molecule has 0 atom stereocenters. The van der Waals surface area contributed by atoms with Gasteiger partial charge >= 0.3 is 0 Å². The van der Waals surface area contributed by atoms with Gasteiger partial charge in [-0.1, -0.05) is 94.4 Å². The molecule has 0 spiro atoms. The van der Waals surface area contributed by atoms with Gasteiger partial charge in [0.25, 0.3) is 0 Å². The molecule has 4 aromatic carbocycles. The molecule has 4 heteroatoms. The van der Waals surface area contributed by atoms with E-state index in [1.807, 2.05) is 24.4 Å². The molecule has 0 aliphatic rings. The van der Waals surface area contributed by atoms with Crippen LogP contribution in [0, 0.1) is 0 Å². The Morgan fingerprint density at radius 3 is 2.11 bits per heavy atom. The van der Waals surface area contributed by atoms with Gasteiger partial charge in [0.05, 0.1) is 28.5 Å². The molecule has 186 valence electrons. The van der Waals surface area contributed by atoms with Crippen LogP contribution < -0.4 is 0 Å². The van der Waals surface area contributed by atoms with Crippen LogP contribution in [0.4, 0.5) is 0 Å². The third-order valence-electron chi connectivity index (χ3n) is 7.61. The molecule has 0 saturated heterocycles. The number of hydrogen-bond donors (Lipinski definition) is 0. The van der Waals surface area contributed by atoms with Crippen molar-refractivity contribution in [2.45, 2.75) is 39.5 Å². The molecule has 0 unspecified atom stereocenters. The van der Waals surface area contributed by atoms with Crippen LogP contribution in [0.2, 0.25) is 0 Å². The minimum Gasteiger partial charge on any atom is -0.455 e. The van der Waals surface area contributed by atoms with Gasteiger partial charge < -0.3 is 4.42 Å². The summed E-state index contributed by atoms with van der Waals surface area (Å²) in [6.07, 6.45) is 1.98. The zero-order valence-electron chi connectivity index (χ0n) is 22.1. The molecule has 3 aromatic heterocycles. The summed E-state index contributed by atoms with van der Waals surface area (Å²) in [6, 6.07) is 29.5. The molecule has 7 aromatic rings. The summed E-state index contributed by atoms with van der Waals surface area (Å²) < 4.78 is 8.83. The summed E-state index contributed by atoms with van der Waals surface area (Å²) in [6.45, 7) is 9.04. The lowest BCUT2D eigenvalue weighted by Crippen LogP contribution is -2.08. The van der Waals surface area contributed by atoms with Crippen LogP contribution in [0.1, 0.15) is 50.7 Å². The van der Waals surface area contributed by atoms with Crippen molar-refractivity contribution in [1.82, 2.24) is 14.5 Å². The van der Waals surface area contributed by atoms with E-state index in [1.165, 1.54) is 16.8 Å². The van der Waals surface area contributed by atoms with E-state index in [2.05, 4.69) is 99.0 Å². The Morgan fingerprint density at radius 2 is 1.34 bits per heavy atom. The van der Waals surface area contributed by atoms with E-state index < -0.39 is 0 Å². The zero-order valence-corrected chi connectivity index (χ0v) is 22.1. The lowest BCUT2D eigenvalue weighted by Gasteiger charge is -2.22. The average molecular weight is 496 g/mol. The van der Waals surface area contributed by atoms with Gasteiger partial charge in [-0.15, -0.1) is 0 Å². The second-order valence-electron chi connectivity index (χ2n) is 10.7. The normalized spacial score (nSPS) is 12.2. The van der Waals surface area contributed by atoms with E-state index >= 15 is 0 Å².